The maximum atomic E-state index is 12.2. The number of aliphatic hydroxyl groups excluding tert-OH is 1. The lowest BCUT2D eigenvalue weighted by Gasteiger charge is -2.33. The van der Waals surface area contributed by atoms with Crippen LogP contribution in [0.1, 0.15) is 19.8 Å². The molecule has 6 nitrogen and oxygen atoms in total. The summed E-state index contributed by atoms with van der Waals surface area (Å²) in [5.41, 5.74) is 0. The average Bonchev–Trinajstić information content (AvgIpc) is 2.70. The van der Waals surface area contributed by atoms with Gasteiger partial charge in [0, 0.05) is 26.2 Å². The summed E-state index contributed by atoms with van der Waals surface area (Å²) in [5.74, 6) is -1.32. The van der Waals surface area contributed by atoms with Gasteiger partial charge in [-0.3, -0.25) is 4.79 Å². The maximum absolute atomic E-state index is 12.2. The van der Waals surface area contributed by atoms with Crippen molar-refractivity contribution in [1.29, 1.82) is 0 Å². The van der Waals surface area contributed by atoms with Crippen molar-refractivity contribution >= 4 is 12.0 Å². The van der Waals surface area contributed by atoms with E-state index in [9.17, 15) is 14.7 Å². The summed E-state index contributed by atoms with van der Waals surface area (Å²) in [7, 11) is 0. The highest BCUT2D eigenvalue weighted by Crippen LogP contribution is 2.25. The molecule has 2 fully saturated rings. The van der Waals surface area contributed by atoms with Crippen molar-refractivity contribution in [3.63, 3.8) is 0 Å². The summed E-state index contributed by atoms with van der Waals surface area (Å²) in [4.78, 5) is 26.5. The minimum atomic E-state index is -0.837. The number of hydrogen-bond donors (Lipinski definition) is 2. The topological polar surface area (TPSA) is 81.1 Å². The number of nitrogens with zero attached hydrogens (tertiary/aromatic N) is 2. The lowest BCUT2D eigenvalue weighted by Crippen LogP contribution is -2.48. The lowest BCUT2D eigenvalue weighted by molar-refractivity contribution is -0.142. The fraction of sp³-hybridized carbons (Fsp3) is 0.833. The molecule has 2 amide bonds. The van der Waals surface area contributed by atoms with E-state index in [0.29, 0.717) is 19.6 Å². The molecule has 2 saturated heterocycles. The molecule has 2 N–H and O–H groups in total. The second-order valence-corrected chi connectivity index (χ2v) is 5.35. The van der Waals surface area contributed by atoms with Crippen molar-refractivity contribution in [3.8, 4) is 0 Å². The van der Waals surface area contributed by atoms with Gasteiger partial charge in [0.2, 0.25) is 0 Å². The Morgan fingerprint density at radius 2 is 1.89 bits per heavy atom. The van der Waals surface area contributed by atoms with Crippen molar-refractivity contribution in [1.82, 2.24) is 9.80 Å². The summed E-state index contributed by atoms with van der Waals surface area (Å²) in [6.45, 7) is 3.64. The molecule has 0 aromatic heterocycles. The molecule has 1 unspecified atom stereocenters. The lowest BCUT2D eigenvalue weighted by atomic mass is 9.99. The number of aliphatic carboxylic acids is 1. The monoisotopic (exact) mass is 256 g/mol. The smallest absolute Gasteiger partial charge is 0.320 e. The molecule has 0 aliphatic carbocycles. The second kappa shape index (κ2) is 5.14. The fourth-order valence-corrected chi connectivity index (χ4v) is 2.77. The van der Waals surface area contributed by atoms with Crippen LogP contribution < -0.4 is 0 Å². The van der Waals surface area contributed by atoms with Crippen LogP contribution in [-0.4, -0.2) is 64.3 Å². The first-order chi connectivity index (χ1) is 8.49. The molecule has 2 aliphatic rings. The third kappa shape index (κ3) is 2.58. The SMILES string of the molecule is C[C@@H]1CN(C(=O)N2CCCC(O)C2)C[C@H]1C(=O)O. The molecule has 0 saturated carbocycles. The molecule has 0 bridgehead atoms. The molecule has 0 radical (unpaired) electrons. The molecular formula is C12H20N2O4. The van der Waals surface area contributed by atoms with Gasteiger partial charge in [-0.1, -0.05) is 6.92 Å². The van der Waals surface area contributed by atoms with Crippen LogP contribution in [-0.2, 0) is 4.79 Å². The molecule has 2 heterocycles. The Morgan fingerprint density at radius 1 is 1.17 bits per heavy atom. The van der Waals surface area contributed by atoms with Crippen molar-refractivity contribution in [2.75, 3.05) is 26.2 Å². The van der Waals surface area contributed by atoms with Crippen LogP contribution in [0.2, 0.25) is 0 Å². The van der Waals surface area contributed by atoms with Gasteiger partial charge >= 0.3 is 12.0 Å². The third-order valence-electron chi connectivity index (χ3n) is 3.87. The van der Waals surface area contributed by atoms with Gasteiger partial charge in [-0.2, -0.15) is 0 Å². The summed E-state index contributed by atoms with van der Waals surface area (Å²) in [6.07, 6.45) is 1.09. The van der Waals surface area contributed by atoms with Crippen LogP contribution in [0.25, 0.3) is 0 Å². The highest BCUT2D eigenvalue weighted by molar-refractivity contribution is 5.77. The molecule has 18 heavy (non-hydrogen) atoms. The Morgan fingerprint density at radius 3 is 2.44 bits per heavy atom. The Labute approximate surface area is 106 Å². The zero-order valence-corrected chi connectivity index (χ0v) is 10.6. The Balaban J connectivity index is 1.96. The first-order valence-electron chi connectivity index (χ1n) is 6.43. The largest absolute Gasteiger partial charge is 0.481 e. The van der Waals surface area contributed by atoms with Gasteiger partial charge < -0.3 is 20.0 Å². The summed E-state index contributed by atoms with van der Waals surface area (Å²) in [6, 6.07) is -0.135. The van der Waals surface area contributed by atoms with E-state index in [1.54, 1.807) is 9.80 Å². The van der Waals surface area contributed by atoms with Crippen molar-refractivity contribution in [3.05, 3.63) is 0 Å². The van der Waals surface area contributed by atoms with E-state index in [2.05, 4.69) is 0 Å². The van der Waals surface area contributed by atoms with Crippen LogP contribution in [0, 0.1) is 11.8 Å². The number of amides is 2. The predicted octanol–water partition coefficient (Wildman–Crippen LogP) is 0.216. The Hall–Kier alpha value is -1.30. The van der Waals surface area contributed by atoms with Gasteiger partial charge in [-0.15, -0.1) is 0 Å². The molecule has 2 rings (SSSR count). The minimum Gasteiger partial charge on any atom is -0.481 e. The van der Waals surface area contributed by atoms with E-state index in [0.717, 1.165) is 12.8 Å². The van der Waals surface area contributed by atoms with Crippen LogP contribution in [0.3, 0.4) is 0 Å². The molecule has 102 valence electrons. The van der Waals surface area contributed by atoms with Crippen molar-refractivity contribution in [2.24, 2.45) is 11.8 Å². The number of carboxylic acid groups (broad SMARTS) is 1. The maximum Gasteiger partial charge on any atom is 0.320 e. The Bertz CT molecular complexity index is 347. The van der Waals surface area contributed by atoms with Crippen LogP contribution >= 0.6 is 0 Å². The van der Waals surface area contributed by atoms with Crippen molar-refractivity contribution in [2.45, 2.75) is 25.9 Å². The number of urea groups is 1. The number of β-amino-alcohol motifs (C(OH)–C–C–N with tert-alkyl or cyclic N) is 1. The predicted molar refractivity (Wildman–Crippen MR) is 64.1 cm³/mol. The standard InChI is InChI=1S/C12H20N2O4/c1-8-5-14(7-10(8)11(16)17)12(18)13-4-2-3-9(15)6-13/h8-10,15H,2-7H2,1H3,(H,16,17)/t8-,9?,10-/m1/s1. The number of rotatable bonds is 1. The molecule has 3 atom stereocenters. The van der Waals surface area contributed by atoms with Gasteiger partial charge in [-0.05, 0) is 18.8 Å². The quantitative estimate of drug-likeness (QED) is 0.703. The van der Waals surface area contributed by atoms with E-state index in [1.165, 1.54) is 0 Å². The fourth-order valence-electron chi connectivity index (χ4n) is 2.77. The normalized spacial score (nSPS) is 32.7. The molecule has 6 heteroatoms. The molecule has 0 spiro atoms. The van der Waals surface area contributed by atoms with E-state index in [-0.39, 0.29) is 18.5 Å². The minimum absolute atomic E-state index is 0.0128. The summed E-state index contributed by atoms with van der Waals surface area (Å²) < 4.78 is 0. The van der Waals surface area contributed by atoms with Crippen LogP contribution in [0.5, 0.6) is 0 Å². The van der Waals surface area contributed by atoms with Crippen molar-refractivity contribution < 1.29 is 19.8 Å². The van der Waals surface area contributed by atoms with Gasteiger partial charge in [0.15, 0.2) is 0 Å². The van der Waals surface area contributed by atoms with E-state index in [1.807, 2.05) is 6.92 Å². The molecular weight excluding hydrogens is 236 g/mol. The molecule has 0 aromatic rings. The number of carbonyl (C=O) groups excluding carboxylic acids is 1. The van der Waals surface area contributed by atoms with Gasteiger partial charge in [0.1, 0.15) is 0 Å². The number of piperidine rings is 1. The third-order valence-corrected chi connectivity index (χ3v) is 3.87. The number of carboxylic acids is 1. The van der Waals surface area contributed by atoms with Crippen LogP contribution in [0.4, 0.5) is 4.79 Å². The average molecular weight is 256 g/mol. The zero-order valence-electron chi connectivity index (χ0n) is 10.6. The number of likely N-dealkylation sites (tertiary alicyclic amines) is 2. The van der Waals surface area contributed by atoms with E-state index < -0.39 is 18.0 Å². The molecule has 0 aromatic carbocycles. The van der Waals surface area contributed by atoms with Gasteiger partial charge in [0.25, 0.3) is 0 Å². The zero-order chi connectivity index (χ0) is 13.3. The first-order valence-corrected chi connectivity index (χ1v) is 6.43. The highest BCUT2D eigenvalue weighted by atomic mass is 16.4. The van der Waals surface area contributed by atoms with Gasteiger partial charge in [-0.25, -0.2) is 4.79 Å². The number of aliphatic hydroxyl groups is 1. The molecule has 2 aliphatic heterocycles. The van der Waals surface area contributed by atoms with Crippen LogP contribution in [0.15, 0.2) is 0 Å². The van der Waals surface area contributed by atoms with E-state index in [4.69, 9.17) is 5.11 Å². The second-order valence-electron chi connectivity index (χ2n) is 5.35. The number of carbonyl (C=O) groups is 2. The van der Waals surface area contributed by atoms with E-state index >= 15 is 0 Å². The Kier molecular flexibility index (Phi) is 3.75. The number of hydrogen-bond acceptors (Lipinski definition) is 3. The summed E-state index contributed by atoms with van der Waals surface area (Å²) in [5, 5.41) is 18.6. The summed E-state index contributed by atoms with van der Waals surface area (Å²) >= 11 is 0. The van der Waals surface area contributed by atoms with Gasteiger partial charge in [0.05, 0.1) is 12.0 Å². The first kappa shape index (κ1) is 13.1. The highest BCUT2D eigenvalue weighted by Gasteiger charge is 2.38.